The first kappa shape index (κ1) is 6.43. The summed E-state index contributed by atoms with van der Waals surface area (Å²) in [5, 5.41) is 3.04. The van der Waals surface area contributed by atoms with Crippen molar-refractivity contribution in [2.45, 2.75) is 6.54 Å². The van der Waals surface area contributed by atoms with Crippen LogP contribution in [0.5, 0.6) is 5.75 Å². The third-order valence-corrected chi connectivity index (χ3v) is 1.78. The number of nitrogens with one attached hydrogen (secondary N) is 1. The maximum atomic E-state index is 12.8. The maximum Gasteiger partial charge on any atom is 0.126 e. The van der Waals surface area contributed by atoms with E-state index in [1.807, 2.05) is 0 Å². The van der Waals surface area contributed by atoms with Crippen molar-refractivity contribution in [1.82, 2.24) is 5.32 Å². The largest absolute Gasteiger partial charge is 0.492 e. The number of hydrogen-bond donors (Lipinski definition) is 1. The van der Waals surface area contributed by atoms with E-state index in [0.29, 0.717) is 18.8 Å². The van der Waals surface area contributed by atoms with Gasteiger partial charge in [-0.15, -0.1) is 0 Å². The minimum Gasteiger partial charge on any atom is -0.492 e. The topological polar surface area (TPSA) is 21.3 Å². The molecule has 1 aliphatic heterocycles. The zero-order valence-corrected chi connectivity index (χ0v) is 6.51. The molecule has 1 aliphatic rings. The Hall–Kier alpha value is -1.09. The third-order valence-electron chi connectivity index (χ3n) is 1.78. The van der Waals surface area contributed by atoms with Gasteiger partial charge >= 0.3 is 0 Å². The van der Waals surface area contributed by atoms with E-state index in [2.05, 4.69) is 5.32 Å². The SMILES string of the molecule is [2H]C1CNCc2ccc(F)cc2O1. The fourth-order valence-corrected chi connectivity index (χ4v) is 1.18. The molecule has 64 valence electrons. The molecule has 0 saturated carbocycles. The molecule has 2 nitrogen and oxygen atoms in total. The Bertz CT molecular complexity index is 318. The van der Waals surface area contributed by atoms with E-state index in [4.69, 9.17) is 6.11 Å². The number of halogens is 1. The van der Waals surface area contributed by atoms with E-state index >= 15 is 0 Å². The van der Waals surface area contributed by atoms with Gasteiger partial charge in [0.05, 0.1) is 1.37 Å². The summed E-state index contributed by atoms with van der Waals surface area (Å²) in [5.74, 6) is 0.151. The fourth-order valence-electron chi connectivity index (χ4n) is 1.18. The second-order valence-electron chi connectivity index (χ2n) is 2.67. The highest BCUT2D eigenvalue weighted by molar-refractivity contribution is 5.34. The molecule has 0 aliphatic carbocycles. The number of rotatable bonds is 0. The van der Waals surface area contributed by atoms with Crippen molar-refractivity contribution in [3.63, 3.8) is 0 Å². The molecule has 0 radical (unpaired) electrons. The van der Waals surface area contributed by atoms with Crippen molar-refractivity contribution in [1.29, 1.82) is 0 Å². The summed E-state index contributed by atoms with van der Waals surface area (Å²) in [5.41, 5.74) is 0.899. The molecular formula is C9H10FNO. The predicted molar refractivity (Wildman–Crippen MR) is 43.6 cm³/mol. The Balaban J connectivity index is 2.35. The normalized spacial score (nSPS) is 23.4. The summed E-state index contributed by atoms with van der Waals surface area (Å²) in [4.78, 5) is 0. The molecule has 1 atom stereocenters. The summed E-state index contributed by atoms with van der Waals surface area (Å²) in [6.45, 7) is 0.449. The average Bonchev–Trinajstić information content (AvgIpc) is 2.25. The van der Waals surface area contributed by atoms with Gasteiger partial charge < -0.3 is 10.1 Å². The van der Waals surface area contributed by atoms with Crippen LogP contribution in [0.1, 0.15) is 6.93 Å². The lowest BCUT2D eigenvalue weighted by atomic mass is 10.2. The summed E-state index contributed by atoms with van der Waals surface area (Å²) >= 11 is 0. The van der Waals surface area contributed by atoms with Crippen LogP contribution in [-0.4, -0.2) is 13.1 Å². The predicted octanol–water partition coefficient (Wildman–Crippen LogP) is 1.31. The van der Waals surface area contributed by atoms with Gasteiger partial charge in [0.2, 0.25) is 0 Å². The maximum absolute atomic E-state index is 12.8. The molecule has 0 amide bonds. The van der Waals surface area contributed by atoms with Crippen molar-refractivity contribution in [3.8, 4) is 5.75 Å². The first-order valence-electron chi connectivity index (χ1n) is 4.41. The van der Waals surface area contributed by atoms with Crippen LogP contribution in [0.15, 0.2) is 18.2 Å². The number of hydrogen-bond acceptors (Lipinski definition) is 2. The van der Waals surface area contributed by atoms with Crippen LogP contribution in [0.2, 0.25) is 0 Å². The second-order valence-corrected chi connectivity index (χ2v) is 2.67. The lowest BCUT2D eigenvalue weighted by Gasteiger charge is -2.04. The average molecular weight is 168 g/mol. The smallest absolute Gasteiger partial charge is 0.126 e. The van der Waals surface area contributed by atoms with Gasteiger partial charge in [-0.1, -0.05) is 6.07 Å². The highest BCUT2D eigenvalue weighted by Gasteiger charge is 2.08. The summed E-state index contributed by atoms with van der Waals surface area (Å²) < 4.78 is 25.4. The molecule has 1 aromatic rings. The van der Waals surface area contributed by atoms with Gasteiger partial charge in [0, 0.05) is 24.7 Å². The molecule has 0 fully saturated rings. The Morgan fingerprint density at radius 2 is 2.50 bits per heavy atom. The molecule has 0 saturated heterocycles. The molecule has 0 spiro atoms. The Morgan fingerprint density at radius 1 is 1.58 bits per heavy atom. The zero-order valence-electron chi connectivity index (χ0n) is 7.51. The number of benzene rings is 1. The van der Waals surface area contributed by atoms with Gasteiger partial charge in [-0.25, -0.2) is 4.39 Å². The van der Waals surface area contributed by atoms with Gasteiger partial charge in [-0.2, -0.15) is 0 Å². The molecule has 0 aromatic heterocycles. The van der Waals surface area contributed by atoms with Crippen molar-refractivity contribution in [2.24, 2.45) is 0 Å². The van der Waals surface area contributed by atoms with Gasteiger partial charge in [0.15, 0.2) is 0 Å². The van der Waals surface area contributed by atoms with Crippen LogP contribution in [0.3, 0.4) is 0 Å². The summed E-state index contributed by atoms with van der Waals surface area (Å²) in [6, 6.07) is 4.40. The molecular weight excluding hydrogens is 157 g/mol. The van der Waals surface area contributed by atoms with Crippen molar-refractivity contribution < 1.29 is 10.5 Å². The van der Waals surface area contributed by atoms with Crippen LogP contribution < -0.4 is 10.1 Å². The van der Waals surface area contributed by atoms with E-state index in [0.717, 1.165) is 5.56 Å². The molecule has 12 heavy (non-hydrogen) atoms. The van der Waals surface area contributed by atoms with Gasteiger partial charge in [0.1, 0.15) is 18.1 Å². The van der Waals surface area contributed by atoms with Crippen molar-refractivity contribution in [3.05, 3.63) is 29.6 Å². The van der Waals surface area contributed by atoms with Crippen LogP contribution in [0, 0.1) is 5.82 Å². The van der Waals surface area contributed by atoms with Gasteiger partial charge in [0.25, 0.3) is 0 Å². The minimum atomic E-state index is -0.650. The molecule has 2 rings (SSSR count). The highest BCUT2D eigenvalue weighted by Crippen LogP contribution is 2.20. The highest BCUT2D eigenvalue weighted by atomic mass is 19.1. The first-order chi connectivity index (χ1) is 6.25. The van der Waals surface area contributed by atoms with Crippen LogP contribution in [0.25, 0.3) is 0 Å². The van der Waals surface area contributed by atoms with E-state index in [1.54, 1.807) is 6.07 Å². The lowest BCUT2D eigenvalue weighted by molar-refractivity contribution is 0.324. The molecule has 1 aromatic carbocycles. The van der Waals surface area contributed by atoms with Gasteiger partial charge in [-0.3, -0.25) is 0 Å². The second kappa shape index (κ2) is 3.11. The van der Waals surface area contributed by atoms with E-state index < -0.39 is 6.58 Å². The molecule has 1 N–H and O–H groups in total. The van der Waals surface area contributed by atoms with E-state index in [1.165, 1.54) is 12.1 Å². The minimum absolute atomic E-state index is 0.326. The zero-order chi connectivity index (χ0) is 9.26. The van der Waals surface area contributed by atoms with Crippen molar-refractivity contribution in [2.75, 3.05) is 13.1 Å². The Kier molecular flexibility index (Phi) is 1.67. The molecule has 0 bridgehead atoms. The number of fused-ring (bicyclic) bond motifs is 1. The standard InChI is InChI=1S/C9H10FNO/c10-8-2-1-7-6-11-3-4-12-9(7)5-8/h1-2,5,11H,3-4,6H2/i4D. The third kappa shape index (κ3) is 1.41. The Morgan fingerprint density at radius 3 is 3.42 bits per heavy atom. The molecule has 1 heterocycles. The molecule has 1 unspecified atom stereocenters. The van der Waals surface area contributed by atoms with Crippen LogP contribution in [-0.2, 0) is 6.54 Å². The van der Waals surface area contributed by atoms with Crippen molar-refractivity contribution >= 4 is 0 Å². The van der Waals surface area contributed by atoms with Gasteiger partial charge in [-0.05, 0) is 6.07 Å². The monoisotopic (exact) mass is 168 g/mol. The number of ether oxygens (including phenoxy) is 1. The lowest BCUT2D eigenvalue weighted by Crippen LogP contribution is -2.16. The van der Waals surface area contributed by atoms with E-state index in [-0.39, 0.29) is 5.82 Å². The van der Waals surface area contributed by atoms with E-state index in [9.17, 15) is 4.39 Å². The summed E-state index contributed by atoms with van der Waals surface area (Å²) in [6.07, 6.45) is 0. The van der Waals surface area contributed by atoms with Crippen LogP contribution in [0.4, 0.5) is 4.39 Å². The summed E-state index contributed by atoms with van der Waals surface area (Å²) in [7, 11) is 0. The quantitative estimate of drug-likeness (QED) is 0.630. The first-order valence-corrected chi connectivity index (χ1v) is 3.84. The molecule has 3 heteroatoms. The fraction of sp³-hybridized carbons (Fsp3) is 0.333. The Labute approximate surface area is 71.8 Å². The van der Waals surface area contributed by atoms with Crippen LogP contribution >= 0.6 is 0 Å².